The molecule has 0 spiro atoms. The van der Waals surface area contributed by atoms with Gasteiger partial charge in [0.2, 0.25) is 18.3 Å². The van der Waals surface area contributed by atoms with E-state index in [9.17, 15) is 67.1 Å². The molecule has 100 heavy (non-hydrogen) atoms. The predicted octanol–water partition coefficient (Wildman–Crippen LogP) is 7.50. The summed E-state index contributed by atoms with van der Waals surface area (Å²) in [5, 5.41) is 13.5. The van der Waals surface area contributed by atoms with E-state index in [4.69, 9.17) is 28.4 Å². The first-order valence-electron chi connectivity index (χ1n) is 28.6. The Labute approximate surface area is 696 Å². The van der Waals surface area contributed by atoms with Gasteiger partial charge in [-0.15, -0.1) is 19.7 Å². The summed E-state index contributed by atoms with van der Waals surface area (Å²) in [5.41, 5.74) is -1.04. The average Bonchev–Trinajstić information content (AvgIpc) is 0.779. The first kappa shape index (κ1) is 89.7. The molecule has 0 saturated heterocycles. The second-order valence-corrected chi connectivity index (χ2v) is 30.3. The number of rotatable bonds is 33. The lowest BCUT2D eigenvalue weighted by molar-refractivity contribution is -0.160. The lowest BCUT2D eigenvalue weighted by Gasteiger charge is -2.28. The fourth-order valence-corrected chi connectivity index (χ4v) is 21.5. The topological polar surface area (TPSA) is 385 Å². The minimum absolute atomic E-state index is 0.00110. The first-order chi connectivity index (χ1) is 46.7. The van der Waals surface area contributed by atoms with Crippen molar-refractivity contribution in [1.82, 2.24) is 30.2 Å². The SMILES string of the molecule is C=CCN(C)C(=O)c1c(I)c(NC(=O)C(COC(C)=O)OC(C)=O)c(I)c(C(=O)NCCN(CCNC(=O)c2c(I)c(NC(=O)C(COC(C)=O)OC(C)=O)c(I)c(C(=O)N(C)CC=C)c2I)C(=O)c2c(I)c(NC(=O)C(COC(C)=O)OC(C)=O)c(I)c(C(=O)N(C)CC=C)c2I)c1I. The van der Waals surface area contributed by atoms with Crippen LogP contribution in [0.2, 0.25) is 0 Å². The first-order valence-corrected chi connectivity index (χ1v) is 38.3. The van der Waals surface area contributed by atoms with Gasteiger partial charge in [-0.1, -0.05) is 18.2 Å². The molecule has 0 saturated carbocycles. The Balaban J connectivity index is 2.45. The zero-order chi connectivity index (χ0) is 76.1. The van der Waals surface area contributed by atoms with Crippen LogP contribution in [0, 0.1) is 32.1 Å². The average molecular weight is 2400 g/mol. The normalized spacial score (nSPS) is 11.5. The minimum atomic E-state index is -1.74. The minimum Gasteiger partial charge on any atom is -0.461 e. The van der Waals surface area contributed by atoms with Crippen LogP contribution in [-0.2, 0) is 71.6 Å². The number of nitrogens with zero attached hydrogens (tertiary/aromatic N) is 4. The van der Waals surface area contributed by atoms with Gasteiger partial charge in [0.1, 0.15) is 19.8 Å². The van der Waals surface area contributed by atoms with Crippen molar-refractivity contribution in [2.75, 3.05) is 103 Å². The highest BCUT2D eigenvalue weighted by atomic mass is 127. The molecule has 0 radical (unpaired) electrons. The summed E-state index contributed by atoms with van der Waals surface area (Å²) < 4.78 is 31.4. The summed E-state index contributed by atoms with van der Waals surface area (Å²) in [4.78, 5) is 208. The summed E-state index contributed by atoms with van der Waals surface area (Å²) in [6.45, 7) is 13.6. The highest BCUT2D eigenvalue weighted by molar-refractivity contribution is 14.1. The van der Waals surface area contributed by atoms with Gasteiger partial charge in [-0.3, -0.25) is 71.9 Å². The number of ether oxygens (including phenoxy) is 6. The third kappa shape index (κ3) is 24.8. The number of carbonyl (C=O) groups is 15. The van der Waals surface area contributed by atoms with E-state index in [2.05, 4.69) is 46.3 Å². The Morgan fingerprint density at radius 1 is 0.360 bits per heavy atom. The van der Waals surface area contributed by atoms with Crippen LogP contribution in [0.4, 0.5) is 17.1 Å². The van der Waals surface area contributed by atoms with E-state index < -0.39 is 153 Å². The van der Waals surface area contributed by atoms with Gasteiger partial charge in [-0.05, 0) is 203 Å². The zero-order valence-corrected chi connectivity index (χ0v) is 73.8. The molecule has 3 aromatic rings. The number of amides is 9. The monoisotopic (exact) mass is 2400 g/mol. The summed E-state index contributed by atoms with van der Waals surface area (Å²) >= 11 is 16.2. The molecule has 3 unspecified atom stereocenters. The van der Waals surface area contributed by atoms with Crippen LogP contribution in [0.15, 0.2) is 38.0 Å². The Morgan fingerprint density at radius 3 is 0.820 bits per heavy atom. The van der Waals surface area contributed by atoms with Crippen LogP contribution < -0.4 is 26.6 Å². The molecule has 0 aliphatic heterocycles. The van der Waals surface area contributed by atoms with Crippen LogP contribution in [0.25, 0.3) is 0 Å². The third-order valence-electron chi connectivity index (χ3n) is 13.0. The molecule has 0 aliphatic rings. The Morgan fingerprint density at radius 2 is 0.590 bits per heavy atom. The number of likely N-dealkylation sites (N-methyl/N-ethyl adjacent to an activating group) is 3. The standard InChI is InChI=1S/C61H64I9N9O21/c1-13-18-76(10)58(91)37-41(62)35(44(65)50(46(37)67)73-53(86)32(98-29(7)83)23-95-26(4)80)56(89)71-16-21-79(61(94)40-43(64)39(60(93)78(12)20-15-3)48(69)52(49(40)70)75-55(88)34(100-31(9)85)25-97-28(6)82)22-17-72-57(90)36-42(63)38(59(92)77(11)19-14-2)47(68)51(45(36)66)74-54(87)33(99-30(8)84)24-96-27(5)81/h13-15,32-34H,1-3,16-25H2,4-12H3,(H,71,89)(H,72,90)(H,73,86)(H,74,87)(H,75,88). The van der Waals surface area contributed by atoms with Gasteiger partial charge in [0.15, 0.2) is 0 Å². The van der Waals surface area contributed by atoms with E-state index in [1.54, 1.807) is 158 Å². The van der Waals surface area contributed by atoms with Gasteiger partial charge in [0, 0.05) is 119 Å². The van der Waals surface area contributed by atoms with E-state index in [0.717, 1.165) is 41.5 Å². The van der Waals surface area contributed by atoms with Crippen LogP contribution in [0.1, 0.15) is 104 Å². The fourth-order valence-electron chi connectivity index (χ4n) is 8.41. The summed E-state index contributed by atoms with van der Waals surface area (Å²) in [6.07, 6.45) is -0.783. The Bertz CT molecular complexity index is 3690. The van der Waals surface area contributed by atoms with Gasteiger partial charge in [-0.2, -0.15) is 0 Å². The predicted molar refractivity (Wildman–Crippen MR) is 438 cm³/mol. The van der Waals surface area contributed by atoms with Gasteiger partial charge < -0.3 is 74.6 Å². The molecule has 3 aromatic carbocycles. The molecule has 0 bridgehead atoms. The van der Waals surface area contributed by atoms with E-state index >= 15 is 4.79 Å². The van der Waals surface area contributed by atoms with E-state index in [1.807, 2.05) is 45.2 Å². The van der Waals surface area contributed by atoms with Crippen LogP contribution in [0.3, 0.4) is 0 Å². The van der Waals surface area contributed by atoms with E-state index in [0.29, 0.717) is 0 Å². The second-order valence-electron chi connectivity index (χ2n) is 20.6. The third-order valence-corrected chi connectivity index (χ3v) is 22.7. The maximum atomic E-state index is 15.8. The zero-order valence-electron chi connectivity index (χ0n) is 54.4. The smallest absolute Gasteiger partial charge is 0.303 e. The highest BCUT2D eigenvalue weighted by Crippen LogP contribution is 2.40. The van der Waals surface area contributed by atoms with Gasteiger partial charge in [-0.25, -0.2) is 0 Å². The van der Waals surface area contributed by atoms with Gasteiger partial charge in [0.05, 0.1) is 71.9 Å². The molecule has 3 atom stereocenters. The lowest BCUT2D eigenvalue weighted by atomic mass is 10.1. The maximum absolute atomic E-state index is 15.8. The van der Waals surface area contributed by atoms with Gasteiger partial charge in [0.25, 0.3) is 53.2 Å². The molecule has 3 rings (SSSR count). The lowest BCUT2D eigenvalue weighted by Crippen LogP contribution is -2.44. The highest BCUT2D eigenvalue weighted by Gasteiger charge is 2.37. The van der Waals surface area contributed by atoms with Crippen molar-refractivity contribution in [2.24, 2.45) is 0 Å². The Hall–Kier alpha value is -4.50. The number of anilines is 3. The second kappa shape index (κ2) is 42.5. The maximum Gasteiger partial charge on any atom is 0.303 e. The number of halogens is 9. The molecule has 0 aromatic heterocycles. The molecular formula is C61H64I9N9O21. The molecular weight excluding hydrogens is 2340 g/mol. The van der Waals surface area contributed by atoms with Crippen molar-refractivity contribution in [2.45, 2.75) is 59.9 Å². The molecule has 0 fully saturated rings. The van der Waals surface area contributed by atoms with Crippen LogP contribution in [0.5, 0.6) is 0 Å². The summed E-state index contributed by atoms with van der Waals surface area (Å²) in [7, 11) is 4.39. The summed E-state index contributed by atoms with van der Waals surface area (Å²) in [5.74, 6) is -12.7. The van der Waals surface area contributed by atoms with E-state index in [-0.39, 0.29) is 102 Å². The Kier molecular flexibility index (Phi) is 38.1. The van der Waals surface area contributed by atoms with Crippen molar-refractivity contribution >= 4 is 309 Å². The van der Waals surface area contributed by atoms with Crippen LogP contribution in [-0.4, -0.2) is 214 Å². The van der Waals surface area contributed by atoms with Crippen LogP contribution >= 0.6 is 203 Å². The van der Waals surface area contributed by atoms with Crippen molar-refractivity contribution in [1.29, 1.82) is 0 Å². The van der Waals surface area contributed by atoms with Gasteiger partial charge >= 0.3 is 35.8 Å². The van der Waals surface area contributed by atoms with Crippen molar-refractivity contribution < 1.29 is 100 Å². The fraction of sp³-hybridized carbons (Fsp3) is 0.361. The molecule has 0 heterocycles. The van der Waals surface area contributed by atoms with E-state index in [1.165, 1.54) is 59.0 Å². The van der Waals surface area contributed by atoms with Crippen molar-refractivity contribution in [3.63, 3.8) is 0 Å². The molecule has 542 valence electrons. The number of carbonyl (C=O) groups excluding carboxylic acids is 15. The molecule has 9 amide bonds. The quantitative estimate of drug-likeness (QED) is 0.0170. The molecule has 5 N–H and O–H groups in total. The molecule has 39 heteroatoms. The number of hydrogen-bond acceptors (Lipinski definition) is 21. The van der Waals surface area contributed by atoms with Crippen molar-refractivity contribution in [3.8, 4) is 0 Å². The number of esters is 6. The number of nitrogens with one attached hydrogen (secondary N) is 5. The number of benzene rings is 3. The largest absolute Gasteiger partial charge is 0.461 e. The molecule has 30 nitrogen and oxygen atoms in total. The molecule has 0 aliphatic carbocycles. The van der Waals surface area contributed by atoms with Crippen molar-refractivity contribution in [3.05, 3.63) is 103 Å². The summed E-state index contributed by atoms with van der Waals surface area (Å²) in [6, 6.07) is 0. The number of hydrogen-bond donors (Lipinski definition) is 5.